The van der Waals surface area contributed by atoms with Crippen LogP contribution in [-0.2, 0) is 6.42 Å². The molecule has 0 unspecified atom stereocenters. The van der Waals surface area contributed by atoms with Gasteiger partial charge in [0, 0.05) is 16.5 Å². The maximum Gasteiger partial charge on any atom is 0.269 e. The summed E-state index contributed by atoms with van der Waals surface area (Å²) in [5, 5.41) is 15.9. The highest BCUT2D eigenvalue weighted by Gasteiger charge is 2.15. The molecule has 0 amide bonds. The van der Waals surface area contributed by atoms with E-state index in [4.69, 9.17) is 33.0 Å². The van der Waals surface area contributed by atoms with Crippen LogP contribution in [0.1, 0.15) is 17.0 Å². The van der Waals surface area contributed by atoms with Crippen molar-refractivity contribution in [1.29, 1.82) is 5.26 Å². The second kappa shape index (κ2) is 5.86. The summed E-state index contributed by atoms with van der Waals surface area (Å²) >= 11 is 13.4. The number of hydrogen-bond donors (Lipinski definition) is 0. The van der Waals surface area contributed by atoms with Gasteiger partial charge in [-0.1, -0.05) is 34.4 Å². The molecule has 0 spiro atoms. The van der Waals surface area contributed by atoms with Crippen LogP contribution < -0.4 is 0 Å². The van der Waals surface area contributed by atoms with Crippen LogP contribution in [0.15, 0.2) is 34.2 Å². The van der Waals surface area contributed by atoms with Gasteiger partial charge in [-0.05, 0) is 29.1 Å². The zero-order chi connectivity index (χ0) is 14.8. The second-order valence-corrected chi connectivity index (χ2v) is 5.96. The van der Waals surface area contributed by atoms with Gasteiger partial charge >= 0.3 is 0 Å². The van der Waals surface area contributed by atoms with Crippen LogP contribution in [0.3, 0.4) is 0 Å². The molecule has 0 fully saturated rings. The van der Waals surface area contributed by atoms with E-state index < -0.39 is 0 Å². The van der Waals surface area contributed by atoms with Crippen molar-refractivity contribution in [1.82, 2.24) is 10.1 Å². The minimum absolute atomic E-state index is 0.349. The topological polar surface area (TPSA) is 62.7 Å². The molecule has 2 aromatic heterocycles. The monoisotopic (exact) mass is 335 g/mol. The minimum atomic E-state index is 0.349. The number of rotatable bonds is 3. The summed E-state index contributed by atoms with van der Waals surface area (Å²) in [5.41, 5.74) is 1.39. The predicted molar refractivity (Wildman–Crippen MR) is 81.6 cm³/mol. The van der Waals surface area contributed by atoms with Crippen molar-refractivity contribution in [3.05, 3.63) is 56.6 Å². The largest absolute Gasteiger partial charge is 0.333 e. The smallest absolute Gasteiger partial charge is 0.269 e. The molecule has 0 radical (unpaired) electrons. The summed E-state index contributed by atoms with van der Waals surface area (Å²) in [4.78, 5) is 4.99. The summed E-state index contributed by atoms with van der Waals surface area (Å²) in [6, 6.07) is 9.08. The number of hydrogen-bond acceptors (Lipinski definition) is 5. The third-order valence-corrected chi connectivity index (χ3v) is 4.30. The standard InChI is InChI=1S/C14H7Cl2N3OS/c15-10-2-1-8(11(16)6-10)5-12-18-14(20-19-12)13-9(7-17)3-4-21-13/h1-4,6H,5H2. The molecule has 2 heterocycles. The lowest BCUT2D eigenvalue weighted by Gasteiger charge is -2.00. The first kappa shape index (κ1) is 14.1. The highest BCUT2D eigenvalue weighted by Crippen LogP contribution is 2.28. The Morgan fingerprint density at radius 1 is 1.29 bits per heavy atom. The van der Waals surface area contributed by atoms with Crippen molar-refractivity contribution >= 4 is 34.5 Å². The van der Waals surface area contributed by atoms with Gasteiger partial charge < -0.3 is 4.52 Å². The number of benzene rings is 1. The maximum absolute atomic E-state index is 9.01. The number of aromatic nitrogens is 2. The average Bonchev–Trinajstić information content (AvgIpc) is 3.10. The van der Waals surface area contributed by atoms with Crippen LogP contribution in [0, 0.1) is 11.3 Å². The fourth-order valence-corrected chi connectivity index (χ4v) is 3.06. The summed E-state index contributed by atoms with van der Waals surface area (Å²) in [5.74, 6) is 0.855. The van der Waals surface area contributed by atoms with E-state index in [0.29, 0.717) is 38.6 Å². The fourth-order valence-electron chi connectivity index (χ4n) is 1.82. The van der Waals surface area contributed by atoms with E-state index in [-0.39, 0.29) is 0 Å². The van der Waals surface area contributed by atoms with Crippen LogP contribution in [0.25, 0.3) is 10.8 Å². The van der Waals surface area contributed by atoms with Crippen LogP contribution in [0.4, 0.5) is 0 Å². The molecule has 0 aliphatic heterocycles. The van der Waals surface area contributed by atoms with E-state index in [0.717, 1.165) is 5.56 Å². The Kier molecular flexibility index (Phi) is 3.93. The first-order valence-electron chi connectivity index (χ1n) is 5.92. The molecule has 0 saturated carbocycles. The van der Waals surface area contributed by atoms with E-state index in [1.807, 2.05) is 11.4 Å². The van der Waals surface area contributed by atoms with Crippen molar-refractivity contribution in [2.24, 2.45) is 0 Å². The van der Waals surface area contributed by atoms with Crippen LogP contribution in [0.2, 0.25) is 10.0 Å². The molecule has 3 rings (SSSR count). The third-order valence-electron chi connectivity index (χ3n) is 2.81. The summed E-state index contributed by atoms with van der Waals surface area (Å²) in [6.45, 7) is 0. The number of nitriles is 1. The highest BCUT2D eigenvalue weighted by molar-refractivity contribution is 7.13. The van der Waals surface area contributed by atoms with E-state index in [1.54, 1.807) is 18.2 Å². The Morgan fingerprint density at radius 3 is 2.90 bits per heavy atom. The maximum atomic E-state index is 9.01. The van der Waals surface area contributed by atoms with Crippen molar-refractivity contribution < 1.29 is 4.52 Å². The lowest BCUT2D eigenvalue weighted by molar-refractivity contribution is 0.424. The van der Waals surface area contributed by atoms with Gasteiger partial charge in [-0.15, -0.1) is 11.3 Å². The third kappa shape index (κ3) is 2.93. The highest BCUT2D eigenvalue weighted by atomic mass is 35.5. The van der Waals surface area contributed by atoms with E-state index in [9.17, 15) is 0 Å². The van der Waals surface area contributed by atoms with Crippen LogP contribution in [-0.4, -0.2) is 10.1 Å². The van der Waals surface area contributed by atoms with Gasteiger partial charge in [-0.25, -0.2) is 0 Å². The summed E-state index contributed by atoms with van der Waals surface area (Å²) < 4.78 is 5.22. The molecule has 104 valence electrons. The van der Waals surface area contributed by atoms with Crippen molar-refractivity contribution in [2.45, 2.75) is 6.42 Å². The summed E-state index contributed by atoms with van der Waals surface area (Å²) in [7, 11) is 0. The first-order chi connectivity index (χ1) is 10.2. The Bertz CT molecular complexity index is 835. The molecule has 7 heteroatoms. The Labute approximate surface area is 134 Å². The normalized spacial score (nSPS) is 10.5. The van der Waals surface area contributed by atoms with Crippen LogP contribution in [0.5, 0.6) is 0 Å². The number of nitrogens with zero attached hydrogens (tertiary/aromatic N) is 3. The zero-order valence-electron chi connectivity index (χ0n) is 10.5. The molecule has 0 aliphatic rings. The molecule has 1 aromatic carbocycles. The Morgan fingerprint density at radius 2 is 2.14 bits per heavy atom. The van der Waals surface area contributed by atoms with Gasteiger partial charge in [0.25, 0.3) is 5.89 Å². The molecular formula is C14H7Cl2N3OS. The summed E-state index contributed by atoms with van der Waals surface area (Å²) in [6.07, 6.45) is 0.437. The fraction of sp³-hybridized carbons (Fsp3) is 0.0714. The van der Waals surface area contributed by atoms with Gasteiger partial charge in [0.2, 0.25) is 0 Å². The van der Waals surface area contributed by atoms with Gasteiger partial charge in [0.05, 0.1) is 5.56 Å². The molecule has 0 aliphatic carbocycles. The Hall–Kier alpha value is -1.87. The Balaban J connectivity index is 1.87. The van der Waals surface area contributed by atoms with Crippen molar-refractivity contribution in [2.75, 3.05) is 0 Å². The first-order valence-corrected chi connectivity index (χ1v) is 7.55. The molecule has 0 N–H and O–H groups in total. The minimum Gasteiger partial charge on any atom is -0.333 e. The lowest BCUT2D eigenvalue weighted by Crippen LogP contribution is -1.92. The van der Waals surface area contributed by atoms with Gasteiger partial charge in [0.15, 0.2) is 5.82 Å². The zero-order valence-corrected chi connectivity index (χ0v) is 12.8. The molecule has 0 saturated heterocycles. The number of halogens is 2. The number of thiophene rings is 1. The van der Waals surface area contributed by atoms with Crippen molar-refractivity contribution in [3.63, 3.8) is 0 Å². The van der Waals surface area contributed by atoms with E-state index in [2.05, 4.69) is 16.2 Å². The quantitative estimate of drug-likeness (QED) is 0.703. The van der Waals surface area contributed by atoms with Gasteiger partial charge in [-0.2, -0.15) is 10.2 Å². The lowest BCUT2D eigenvalue weighted by atomic mass is 10.1. The molecule has 0 atom stereocenters. The molecule has 0 bridgehead atoms. The average molecular weight is 336 g/mol. The van der Waals surface area contributed by atoms with Crippen molar-refractivity contribution in [3.8, 4) is 16.8 Å². The van der Waals surface area contributed by atoms with E-state index in [1.165, 1.54) is 11.3 Å². The second-order valence-electron chi connectivity index (χ2n) is 4.20. The predicted octanol–water partition coefficient (Wildman–Crippen LogP) is 4.57. The van der Waals surface area contributed by atoms with Gasteiger partial charge in [0.1, 0.15) is 10.9 Å². The SMILES string of the molecule is N#Cc1ccsc1-c1nc(Cc2ccc(Cl)cc2Cl)no1. The van der Waals surface area contributed by atoms with Crippen LogP contribution >= 0.6 is 34.5 Å². The molecule has 3 aromatic rings. The molecule has 4 nitrogen and oxygen atoms in total. The molecular weight excluding hydrogens is 329 g/mol. The van der Waals surface area contributed by atoms with Gasteiger partial charge in [-0.3, -0.25) is 0 Å². The van der Waals surface area contributed by atoms with E-state index >= 15 is 0 Å². The molecule has 21 heavy (non-hydrogen) atoms.